The van der Waals surface area contributed by atoms with Gasteiger partial charge in [0, 0.05) is 65.0 Å². The average molecular weight is 498 g/mol. The molecule has 1 aliphatic heterocycles. The van der Waals surface area contributed by atoms with Gasteiger partial charge in [-0.1, -0.05) is 17.3 Å². The molecule has 0 saturated carbocycles. The van der Waals surface area contributed by atoms with Crippen molar-refractivity contribution in [2.24, 2.45) is 4.99 Å². The molecule has 1 saturated heterocycles. The van der Waals surface area contributed by atoms with E-state index in [1.807, 2.05) is 30.3 Å². The van der Waals surface area contributed by atoms with Crippen molar-refractivity contribution in [3.63, 3.8) is 0 Å². The van der Waals surface area contributed by atoms with E-state index >= 15 is 0 Å². The summed E-state index contributed by atoms with van der Waals surface area (Å²) in [5.41, 5.74) is 2.66. The molecule has 1 aromatic carbocycles. The van der Waals surface area contributed by atoms with Crippen molar-refractivity contribution in [2.45, 2.75) is 13.1 Å². The van der Waals surface area contributed by atoms with E-state index in [4.69, 9.17) is 4.52 Å². The van der Waals surface area contributed by atoms with E-state index < -0.39 is 0 Å². The van der Waals surface area contributed by atoms with Crippen LogP contribution in [0.15, 0.2) is 46.1 Å². The number of nitrogens with one attached hydrogen (secondary N) is 2. The van der Waals surface area contributed by atoms with E-state index in [0.29, 0.717) is 12.1 Å². The van der Waals surface area contributed by atoms with Crippen LogP contribution in [0.5, 0.6) is 0 Å². The second-order valence-corrected chi connectivity index (χ2v) is 6.43. The molecule has 3 rings (SSSR count). The molecule has 8 nitrogen and oxygen atoms in total. The summed E-state index contributed by atoms with van der Waals surface area (Å²) in [6.45, 7) is 5.12. The predicted octanol–water partition coefficient (Wildman–Crippen LogP) is 1.55. The number of carbonyl (C=O) groups is 1. The second kappa shape index (κ2) is 11.0. The van der Waals surface area contributed by atoms with Crippen molar-refractivity contribution < 1.29 is 9.32 Å². The highest BCUT2D eigenvalue weighted by molar-refractivity contribution is 14.0. The maximum absolute atomic E-state index is 11.8. The Bertz CT molecular complexity index is 772. The van der Waals surface area contributed by atoms with Gasteiger partial charge < -0.3 is 20.1 Å². The first-order valence-corrected chi connectivity index (χ1v) is 9.08. The highest BCUT2D eigenvalue weighted by Gasteiger charge is 2.20. The molecule has 1 aromatic heterocycles. The number of rotatable bonds is 5. The number of benzene rings is 1. The summed E-state index contributed by atoms with van der Waals surface area (Å²) < 4.78 is 4.90. The Hall–Kier alpha value is -2.14. The molecule has 0 spiro atoms. The van der Waals surface area contributed by atoms with Crippen molar-refractivity contribution in [1.82, 2.24) is 25.6 Å². The summed E-state index contributed by atoms with van der Waals surface area (Å²) in [7, 11) is 3.43. The molecule has 0 atom stereocenters. The Morgan fingerprint density at radius 2 is 2.04 bits per heavy atom. The van der Waals surface area contributed by atoms with Crippen LogP contribution >= 0.6 is 24.0 Å². The van der Waals surface area contributed by atoms with Crippen LogP contribution < -0.4 is 10.6 Å². The van der Waals surface area contributed by atoms with Gasteiger partial charge in [-0.2, -0.15) is 0 Å². The molecule has 2 aromatic rings. The zero-order chi connectivity index (χ0) is 19.1. The molecule has 1 fully saturated rings. The van der Waals surface area contributed by atoms with Crippen LogP contribution in [0, 0.1) is 0 Å². The fourth-order valence-electron chi connectivity index (χ4n) is 3.15. The van der Waals surface area contributed by atoms with Crippen LogP contribution in [-0.4, -0.2) is 67.1 Å². The third-order valence-electron chi connectivity index (χ3n) is 4.63. The van der Waals surface area contributed by atoms with Crippen molar-refractivity contribution in [3.05, 3.63) is 53.4 Å². The van der Waals surface area contributed by atoms with E-state index in [-0.39, 0.29) is 29.9 Å². The monoisotopic (exact) mass is 498 g/mol. The van der Waals surface area contributed by atoms with Crippen LogP contribution in [0.3, 0.4) is 0 Å². The van der Waals surface area contributed by atoms with Crippen LogP contribution in [0.25, 0.3) is 0 Å². The number of hydrogen-bond donors (Lipinski definition) is 2. The van der Waals surface area contributed by atoms with Crippen molar-refractivity contribution in [3.8, 4) is 0 Å². The summed E-state index contributed by atoms with van der Waals surface area (Å²) in [5.74, 6) is 0.797. The summed E-state index contributed by atoms with van der Waals surface area (Å²) in [4.78, 5) is 20.8. The lowest BCUT2D eigenvalue weighted by molar-refractivity contribution is 0.0963. The lowest BCUT2D eigenvalue weighted by Gasteiger charge is -2.36. The molecule has 0 aliphatic carbocycles. The average Bonchev–Trinajstić information content (AvgIpc) is 3.22. The maximum atomic E-state index is 11.8. The van der Waals surface area contributed by atoms with Gasteiger partial charge in [0.25, 0.3) is 5.91 Å². The normalized spacial score (nSPS) is 15.1. The fraction of sp³-hybridized carbons (Fsp3) is 0.421. The Morgan fingerprint density at radius 1 is 1.25 bits per heavy atom. The lowest BCUT2D eigenvalue weighted by Crippen LogP contribution is -2.52. The van der Waals surface area contributed by atoms with Crippen molar-refractivity contribution >= 4 is 35.8 Å². The van der Waals surface area contributed by atoms with Crippen LogP contribution in [0.1, 0.15) is 21.6 Å². The first-order valence-electron chi connectivity index (χ1n) is 9.08. The van der Waals surface area contributed by atoms with Gasteiger partial charge in [0.1, 0.15) is 6.26 Å². The van der Waals surface area contributed by atoms with Gasteiger partial charge in [-0.15, -0.1) is 24.0 Å². The Kier molecular flexibility index (Phi) is 8.71. The summed E-state index contributed by atoms with van der Waals surface area (Å²) in [5, 5.41) is 10.0. The number of aliphatic imine (C=N–C) groups is 1. The van der Waals surface area contributed by atoms with E-state index in [1.54, 1.807) is 20.4 Å². The van der Waals surface area contributed by atoms with Gasteiger partial charge in [0.2, 0.25) is 0 Å². The van der Waals surface area contributed by atoms with Crippen molar-refractivity contribution in [2.75, 3.05) is 40.3 Å². The van der Waals surface area contributed by atoms with E-state index in [2.05, 4.69) is 30.6 Å². The molecule has 0 unspecified atom stereocenters. The smallest absolute Gasteiger partial charge is 0.251 e. The molecule has 0 bridgehead atoms. The molecule has 0 radical (unpaired) electrons. The first-order chi connectivity index (χ1) is 13.2. The topological polar surface area (TPSA) is 86.0 Å². The molecule has 28 heavy (non-hydrogen) atoms. The van der Waals surface area contributed by atoms with E-state index in [0.717, 1.165) is 49.9 Å². The summed E-state index contributed by atoms with van der Waals surface area (Å²) in [6.07, 6.45) is 1.61. The molecule has 1 amide bonds. The van der Waals surface area contributed by atoms with Gasteiger partial charge in [0.15, 0.2) is 5.96 Å². The number of guanidine groups is 1. The number of halogens is 1. The van der Waals surface area contributed by atoms with Crippen LogP contribution in [0.4, 0.5) is 0 Å². The molecule has 2 heterocycles. The highest BCUT2D eigenvalue weighted by atomic mass is 127. The van der Waals surface area contributed by atoms with Gasteiger partial charge in [-0.25, -0.2) is 0 Å². The molecule has 1 aliphatic rings. The molecular formula is C19H27IN6O2. The Morgan fingerprint density at radius 3 is 2.68 bits per heavy atom. The summed E-state index contributed by atoms with van der Waals surface area (Å²) >= 11 is 0. The molecule has 9 heteroatoms. The number of carbonyl (C=O) groups excluding carboxylic acids is 1. The SMILES string of the molecule is CN=C(NCc1cccc(C(=O)NC)c1)N1CCN(Cc2ccon2)CC1.I. The number of amides is 1. The number of aromatic nitrogens is 1. The minimum absolute atomic E-state index is 0. The third kappa shape index (κ3) is 5.93. The van der Waals surface area contributed by atoms with E-state index in [1.165, 1.54) is 0 Å². The number of piperazine rings is 1. The zero-order valence-corrected chi connectivity index (χ0v) is 18.6. The van der Waals surface area contributed by atoms with Gasteiger partial charge in [-0.3, -0.25) is 14.7 Å². The number of hydrogen-bond acceptors (Lipinski definition) is 5. The largest absolute Gasteiger partial charge is 0.364 e. The van der Waals surface area contributed by atoms with Crippen molar-refractivity contribution in [1.29, 1.82) is 0 Å². The van der Waals surface area contributed by atoms with Gasteiger partial charge in [-0.05, 0) is 17.7 Å². The number of nitrogens with zero attached hydrogens (tertiary/aromatic N) is 4. The Balaban J connectivity index is 0.00000280. The zero-order valence-electron chi connectivity index (χ0n) is 16.2. The minimum Gasteiger partial charge on any atom is -0.364 e. The second-order valence-electron chi connectivity index (χ2n) is 6.43. The van der Waals surface area contributed by atoms with E-state index in [9.17, 15) is 4.79 Å². The molecule has 152 valence electrons. The van der Waals surface area contributed by atoms with Crippen LogP contribution in [0.2, 0.25) is 0 Å². The molecule has 2 N–H and O–H groups in total. The summed E-state index contributed by atoms with van der Waals surface area (Å²) in [6, 6.07) is 9.51. The first kappa shape index (κ1) is 22.2. The standard InChI is InChI=1S/C19H26N6O2.HI/c1-20-18(26)16-5-3-4-15(12-16)13-22-19(21-2)25-9-7-24(8-10-25)14-17-6-11-27-23-17;/h3-6,11-12H,7-10,13-14H2,1-2H3,(H,20,26)(H,21,22);1H. The Labute approximate surface area is 182 Å². The van der Waals surface area contributed by atoms with Gasteiger partial charge >= 0.3 is 0 Å². The molecular weight excluding hydrogens is 471 g/mol. The minimum atomic E-state index is -0.0792. The third-order valence-corrected chi connectivity index (χ3v) is 4.63. The van der Waals surface area contributed by atoms with Crippen LogP contribution in [-0.2, 0) is 13.1 Å². The maximum Gasteiger partial charge on any atom is 0.251 e. The lowest BCUT2D eigenvalue weighted by atomic mass is 10.1. The van der Waals surface area contributed by atoms with Gasteiger partial charge in [0.05, 0.1) is 5.69 Å². The quantitative estimate of drug-likeness (QED) is 0.370. The fourth-order valence-corrected chi connectivity index (χ4v) is 3.15. The highest BCUT2D eigenvalue weighted by Crippen LogP contribution is 2.09. The predicted molar refractivity (Wildman–Crippen MR) is 119 cm³/mol.